The van der Waals surface area contributed by atoms with Gasteiger partial charge in [-0.1, -0.05) is 24.1 Å². The number of nitrogens with zero attached hydrogens (tertiary/aromatic N) is 5. The summed E-state index contributed by atoms with van der Waals surface area (Å²) >= 11 is 0. The largest absolute Gasteiger partial charge is 0.332 e. The van der Waals surface area contributed by atoms with Crippen molar-refractivity contribution in [3.8, 4) is 11.8 Å². The van der Waals surface area contributed by atoms with E-state index in [0.29, 0.717) is 5.82 Å². The Labute approximate surface area is 164 Å². The molecule has 4 rings (SSSR count). The Kier molecular flexibility index (Phi) is 4.39. The molecule has 0 fully saturated rings. The van der Waals surface area contributed by atoms with E-state index >= 15 is 0 Å². The van der Waals surface area contributed by atoms with Crippen molar-refractivity contribution in [2.24, 2.45) is 7.05 Å². The summed E-state index contributed by atoms with van der Waals surface area (Å²) in [6.45, 7) is 3.44. The zero-order valence-electron chi connectivity index (χ0n) is 16.2. The zero-order chi connectivity index (χ0) is 20.7. The van der Waals surface area contributed by atoms with Crippen LogP contribution >= 0.6 is 0 Å². The number of aromatic amines is 1. The summed E-state index contributed by atoms with van der Waals surface area (Å²) in [6.07, 6.45) is 0. The van der Waals surface area contributed by atoms with Crippen molar-refractivity contribution in [1.29, 1.82) is 0 Å². The van der Waals surface area contributed by atoms with Gasteiger partial charge in [0.25, 0.3) is 5.56 Å². The van der Waals surface area contributed by atoms with E-state index in [0.717, 1.165) is 21.2 Å². The summed E-state index contributed by atoms with van der Waals surface area (Å²) in [7, 11) is 1.50. The molecule has 3 heterocycles. The molecule has 0 spiro atoms. The number of rotatable bonds is 3. The smallest absolute Gasteiger partial charge is 0.291 e. The molecule has 9 heteroatoms. The molecule has 0 radical (unpaired) electrons. The van der Waals surface area contributed by atoms with Crippen LogP contribution in [0.25, 0.3) is 22.1 Å². The van der Waals surface area contributed by atoms with E-state index in [-0.39, 0.29) is 24.3 Å². The molecule has 0 aliphatic carbocycles. The van der Waals surface area contributed by atoms with E-state index in [2.05, 4.69) is 26.8 Å². The minimum absolute atomic E-state index is 0.0500. The van der Waals surface area contributed by atoms with Gasteiger partial charge in [-0.3, -0.25) is 23.5 Å². The first-order valence-corrected chi connectivity index (χ1v) is 8.96. The van der Waals surface area contributed by atoms with Crippen LogP contribution in [0.1, 0.15) is 18.4 Å². The topological polar surface area (TPSA) is 108 Å². The van der Waals surface area contributed by atoms with Crippen LogP contribution in [-0.4, -0.2) is 28.7 Å². The summed E-state index contributed by atoms with van der Waals surface area (Å²) in [5, 5.41) is 0.907. The van der Waals surface area contributed by atoms with Crippen molar-refractivity contribution in [1.82, 2.24) is 28.7 Å². The van der Waals surface area contributed by atoms with Gasteiger partial charge in [0.05, 0.1) is 18.6 Å². The Hall–Kier alpha value is -3.93. The first-order valence-electron chi connectivity index (χ1n) is 8.96. The molecule has 29 heavy (non-hydrogen) atoms. The minimum atomic E-state index is -0.589. The fourth-order valence-corrected chi connectivity index (χ4v) is 3.36. The highest BCUT2D eigenvalue weighted by Crippen LogP contribution is 2.14. The maximum Gasteiger partial charge on any atom is 0.332 e. The van der Waals surface area contributed by atoms with Crippen molar-refractivity contribution < 1.29 is 0 Å². The lowest BCUT2D eigenvalue weighted by atomic mass is 10.2. The van der Waals surface area contributed by atoms with Gasteiger partial charge in [-0.25, -0.2) is 19.6 Å². The first-order chi connectivity index (χ1) is 13.9. The third-order valence-electron chi connectivity index (χ3n) is 4.82. The molecule has 0 saturated carbocycles. The fourth-order valence-electron chi connectivity index (χ4n) is 3.36. The van der Waals surface area contributed by atoms with Gasteiger partial charge < -0.3 is 0 Å². The van der Waals surface area contributed by atoms with E-state index in [1.165, 1.54) is 16.2 Å². The van der Waals surface area contributed by atoms with E-state index in [1.54, 1.807) is 6.92 Å². The Morgan fingerprint density at radius 3 is 2.62 bits per heavy atom. The molecular weight excluding hydrogens is 372 g/mol. The lowest BCUT2D eigenvalue weighted by Gasteiger charge is -2.10. The molecule has 0 unspecified atom stereocenters. The third-order valence-corrected chi connectivity index (χ3v) is 4.82. The zero-order valence-corrected chi connectivity index (χ0v) is 16.2. The van der Waals surface area contributed by atoms with Crippen LogP contribution in [0.5, 0.6) is 0 Å². The van der Waals surface area contributed by atoms with Crippen LogP contribution < -0.4 is 16.9 Å². The number of hydrogen-bond acceptors (Lipinski definition) is 5. The van der Waals surface area contributed by atoms with Gasteiger partial charge in [-0.15, -0.1) is 5.92 Å². The molecule has 0 aliphatic rings. The molecular formula is C20H18N6O3. The fraction of sp³-hybridized carbons (Fsp3) is 0.250. The van der Waals surface area contributed by atoms with Crippen LogP contribution in [0.4, 0.5) is 0 Å². The van der Waals surface area contributed by atoms with Crippen molar-refractivity contribution in [3.63, 3.8) is 0 Å². The maximum absolute atomic E-state index is 13.1. The number of benzene rings is 1. The standard InChI is InChI=1S/C20H18N6O3/c1-4-5-10-25-16-17(23-19(25)28)24(3)20(29)26(18(16)27)11-15-21-12(2)13-8-6-7-9-14(13)22-15/h6-9H,10-11H2,1-3H3,(H,23,28). The number of fused-ring (bicyclic) bond motifs is 2. The number of aryl methyl sites for hydroxylation is 2. The van der Waals surface area contributed by atoms with Gasteiger partial charge in [0.1, 0.15) is 11.5 Å². The van der Waals surface area contributed by atoms with Gasteiger partial charge in [0, 0.05) is 18.1 Å². The summed E-state index contributed by atoms with van der Waals surface area (Å²) in [5.74, 6) is 5.82. The van der Waals surface area contributed by atoms with E-state index in [9.17, 15) is 14.4 Å². The first kappa shape index (κ1) is 18.4. The molecule has 1 N–H and O–H groups in total. The monoisotopic (exact) mass is 390 g/mol. The molecule has 4 aromatic rings. The highest BCUT2D eigenvalue weighted by atomic mass is 16.2. The lowest BCUT2D eigenvalue weighted by molar-refractivity contribution is 0.633. The summed E-state index contributed by atoms with van der Waals surface area (Å²) in [6, 6.07) is 7.53. The van der Waals surface area contributed by atoms with E-state index in [1.807, 2.05) is 31.2 Å². The lowest BCUT2D eigenvalue weighted by Crippen LogP contribution is -2.40. The molecule has 0 amide bonds. The maximum atomic E-state index is 13.1. The van der Waals surface area contributed by atoms with Gasteiger partial charge >= 0.3 is 11.4 Å². The predicted octanol–water partition coefficient (Wildman–Crippen LogP) is 0.513. The summed E-state index contributed by atoms with van der Waals surface area (Å²) in [5.41, 5.74) is 0.101. The normalized spacial score (nSPS) is 11.0. The van der Waals surface area contributed by atoms with Crippen LogP contribution in [0.2, 0.25) is 0 Å². The number of hydrogen-bond donors (Lipinski definition) is 1. The highest BCUT2D eigenvalue weighted by molar-refractivity contribution is 5.80. The summed E-state index contributed by atoms with van der Waals surface area (Å²) < 4.78 is 3.51. The Balaban J connectivity index is 1.94. The molecule has 3 aromatic heterocycles. The van der Waals surface area contributed by atoms with Crippen molar-refractivity contribution >= 4 is 22.1 Å². The number of imidazole rings is 1. The molecule has 146 valence electrons. The van der Waals surface area contributed by atoms with Crippen LogP contribution in [-0.2, 0) is 20.1 Å². The van der Waals surface area contributed by atoms with Crippen LogP contribution in [0, 0.1) is 18.8 Å². The second-order valence-corrected chi connectivity index (χ2v) is 6.62. The van der Waals surface area contributed by atoms with Gasteiger partial charge in [-0.2, -0.15) is 0 Å². The van der Waals surface area contributed by atoms with Gasteiger partial charge in [-0.05, 0) is 19.9 Å². The van der Waals surface area contributed by atoms with Crippen LogP contribution in [0.3, 0.4) is 0 Å². The average molecular weight is 390 g/mol. The third kappa shape index (κ3) is 2.95. The summed E-state index contributed by atoms with van der Waals surface area (Å²) in [4.78, 5) is 49.7. The highest BCUT2D eigenvalue weighted by Gasteiger charge is 2.18. The Bertz CT molecular complexity index is 1510. The number of nitrogens with one attached hydrogen (secondary N) is 1. The molecule has 0 atom stereocenters. The molecule has 9 nitrogen and oxygen atoms in total. The quantitative estimate of drug-likeness (QED) is 0.513. The van der Waals surface area contributed by atoms with Crippen molar-refractivity contribution in [2.45, 2.75) is 26.9 Å². The van der Waals surface area contributed by atoms with Crippen LogP contribution in [0.15, 0.2) is 38.6 Å². The molecule has 0 saturated heterocycles. The molecule has 0 bridgehead atoms. The Morgan fingerprint density at radius 2 is 1.86 bits per heavy atom. The second-order valence-electron chi connectivity index (χ2n) is 6.62. The van der Waals surface area contributed by atoms with Gasteiger partial charge in [0.2, 0.25) is 0 Å². The minimum Gasteiger partial charge on any atom is -0.291 e. The number of para-hydroxylation sites is 1. The predicted molar refractivity (Wildman–Crippen MR) is 109 cm³/mol. The van der Waals surface area contributed by atoms with E-state index in [4.69, 9.17) is 0 Å². The molecule has 0 aliphatic heterocycles. The number of H-pyrrole nitrogens is 1. The second kappa shape index (κ2) is 6.91. The van der Waals surface area contributed by atoms with Gasteiger partial charge in [0.15, 0.2) is 5.52 Å². The SMILES string of the molecule is CC#CCn1c(=O)[nH]c2c1c(=O)n(Cc1nc(C)c3ccccc3n1)c(=O)n2C. The average Bonchev–Trinajstić information content (AvgIpc) is 3.04. The van der Waals surface area contributed by atoms with E-state index < -0.39 is 16.9 Å². The number of aromatic nitrogens is 6. The van der Waals surface area contributed by atoms with Crippen molar-refractivity contribution in [3.05, 3.63) is 67.1 Å². The molecule has 1 aromatic carbocycles. The Morgan fingerprint density at radius 1 is 1.10 bits per heavy atom. The van der Waals surface area contributed by atoms with Crippen molar-refractivity contribution in [2.75, 3.05) is 0 Å².